The molecular formula is C12H24N2. The summed E-state index contributed by atoms with van der Waals surface area (Å²) in [6, 6.07) is 0. The molecule has 0 spiro atoms. The average molecular weight is 196 g/mol. The summed E-state index contributed by atoms with van der Waals surface area (Å²) in [5, 5.41) is 3.63. The van der Waals surface area contributed by atoms with E-state index in [1.165, 1.54) is 32.2 Å². The third-order valence-corrected chi connectivity index (χ3v) is 3.78. The van der Waals surface area contributed by atoms with Crippen LogP contribution in [0.4, 0.5) is 0 Å². The summed E-state index contributed by atoms with van der Waals surface area (Å²) < 4.78 is 0. The van der Waals surface area contributed by atoms with Crippen molar-refractivity contribution < 1.29 is 0 Å². The molecule has 14 heavy (non-hydrogen) atoms. The van der Waals surface area contributed by atoms with Crippen molar-refractivity contribution in [1.29, 1.82) is 0 Å². The van der Waals surface area contributed by atoms with Crippen LogP contribution in [0.3, 0.4) is 0 Å². The molecule has 2 aliphatic carbocycles. The van der Waals surface area contributed by atoms with E-state index in [1.54, 1.807) is 0 Å². The Kier molecular flexibility index (Phi) is 2.85. The van der Waals surface area contributed by atoms with Gasteiger partial charge in [0, 0.05) is 12.1 Å². The highest BCUT2D eigenvalue weighted by Gasteiger charge is 2.41. The van der Waals surface area contributed by atoms with Gasteiger partial charge in [-0.2, -0.15) is 0 Å². The number of nitrogens with one attached hydrogen (secondary N) is 1. The summed E-state index contributed by atoms with van der Waals surface area (Å²) in [5.41, 5.74) is 5.84. The van der Waals surface area contributed by atoms with Crippen LogP contribution in [0, 0.1) is 17.8 Å². The standard InChI is InChI=1S/C12H24N2/c1-12(2,8-13)14-7-11(9-3-4-9)10-5-6-10/h9-11,14H,3-8,13H2,1-2H3. The van der Waals surface area contributed by atoms with Crippen molar-refractivity contribution in [2.24, 2.45) is 23.5 Å². The van der Waals surface area contributed by atoms with Gasteiger partial charge in [-0.05, 0) is 63.8 Å². The Morgan fingerprint density at radius 3 is 2.07 bits per heavy atom. The molecule has 0 aromatic carbocycles. The molecule has 2 fully saturated rings. The van der Waals surface area contributed by atoms with Gasteiger partial charge >= 0.3 is 0 Å². The minimum absolute atomic E-state index is 0.127. The predicted molar refractivity (Wildman–Crippen MR) is 60.1 cm³/mol. The summed E-state index contributed by atoms with van der Waals surface area (Å²) in [6.45, 7) is 6.32. The summed E-state index contributed by atoms with van der Waals surface area (Å²) >= 11 is 0. The molecule has 0 amide bonds. The quantitative estimate of drug-likeness (QED) is 0.679. The van der Waals surface area contributed by atoms with Crippen LogP contribution in [0.15, 0.2) is 0 Å². The number of hydrogen-bond donors (Lipinski definition) is 2. The molecule has 0 heterocycles. The van der Waals surface area contributed by atoms with Crippen LogP contribution in [0.5, 0.6) is 0 Å². The van der Waals surface area contributed by atoms with Crippen molar-refractivity contribution in [3.05, 3.63) is 0 Å². The summed E-state index contributed by atoms with van der Waals surface area (Å²) in [5.74, 6) is 3.05. The van der Waals surface area contributed by atoms with Gasteiger partial charge in [-0.25, -0.2) is 0 Å². The fourth-order valence-electron chi connectivity index (χ4n) is 2.23. The smallest absolute Gasteiger partial charge is 0.0247 e. The Morgan fingerprint density at radius 1 is 1.21 bits per heavy atom. The van der Waals surface area contributed by atoms with Crippen molar-refractivity contribution in [2.45, 2.75) is 45.1 Å². The molecule has 2 rings (SSSR count). The molecule has 0 aromatic heterocycles. The zero-order chi connectivity index (χ0) is 10.2. The van der Waals surface area contributed by atoms with Crippen molar-refractivity contribution >= 4 is 0 Å². The molecule has 2 nitrogen and oxygen atoms in total. The van der Waals surface area contributed by atoms with Crippen LogP contribution >= 0.6 is 0 Å². The van der Waals surface area contributed by atoms with Gasteiger partial charge in [0.1, 0.15) is 0 Å². The van der Waals surface area contributed by atoms with E-state index in [4.69, 9.17) is 5.73 Å². The molecule has 0 atom stereocenters. The number of nitrogens with two attached hydrogens (primary N) is 1. The highest BCUT2D eigenvalue weighted by molar-refractivity contribution is 4.94. The van der Waals surface area contributed by atoms with Gasteiger partial charge in [0.15, 0.2) is 0 Å². The first kappa shape index (κ1) is 10.4. The van der Waals surface area contributed by atoms with Crippen molar-refractivity contribution in [3.63, 3.8) is 0 Å². The molecule has 3 N–H and O–H groups in total. The zero-order valence-corrected chi connectivity index (χ0v) is 9.55. The van der Waals surface area contributed by atoms with Crippen LogP contribution in [-0.4, -0.2) is 18.6 Å². The Labute approximate surface area is 87.6 Å². The zero-order valence-electron chi connectivity index (χ0n) is 9.55. The van der Waals surface area contributed by atoms with E-state index >= 15 is 0 Å². The largest absolute Gasteiger partial charge is 0.329 e. The third-order valence-electron chi connectivity index (χ3n) is 3.78. The van der Waals surface area contributed by atoms with Gasteiger partial charge in [0.25, 0.3) is 0 Å². The molecule has 82 valence electrons. The summed E-state index contributed by atoms with van der Waals surface area (Å²) in [7, 11) is 0. The third kappa shape index (κ3) is 2.71. The minimum Gasteiger partial charge on any atom is -0.329 e. The van der Waals surface area contributed by atoms with Gasteiger partial charge in [0.2, 0.25) is 0 Å². The van der Waals surface area contributed by atoms with E-state index < -0.39 is 0 Å². The van der Waals surface area contributed by atoms with E-state index in [2.05, 4.69) is 19.2 Å². The predicted octanol–water partition coefficient (Wildman–Crippen LogP) is 1.75. The molecule has 0 aliphatic heterocycles. The maximum absolute atomic E-state index is 5.71. The fourth-order valence-corrected chi connectivity index (χ4v) is 2.23. The molecular weight excluding hydrogens is 172 g/mol. The van der Waals surface area contributed by atoms with E-state index in [-0.39, 0.29) is 5.54 Å². The van der Waals surface area contributed by atoms with Gasteiger partial charge < -0.3 is 11.1 Å². The lowest BCUT2D eigenvalue weighted by Crippen LogP contribution is -2.48. The second-order valence-corrected chi connectivity index (χ2v) is 5.81. The lowest BCUT2D eigenvalue weighted by Gasteiger charge is -2.27. The maximum atomic E-state index is 5.71. The lowest BCUT2D eigenvalue weighted by molar-refractivity contribution is 0.311. The molecule has 2 heteroatoms. The van der Waals surface area contributed by atoms with E-state index in [0.717, 1.165) is 24.3 Å². The Morgan fingerprint density at radius 2 is 1.71 bits per heavy atom. The first-order valence-electron chi connectivity index (χ1n) is 6.07. The highest BCUT2D eigenvalue weighted by atomic mass is 15.0. The molecule has 0 bridgehead atoms. The molecule has 0 unspecified atom stereocenters. The van der Waals surface area contributed by atoms with Crippen LogP contribution in [-0.2, 0) is 0 Å². The normalized spacial score (nSPS) is 23.1. The van der Waals surface area contributed by atoms with E-state index in [9.17, 15) is 0 Å². The molecule has 2 saturated carbocycles. The number of rotatable bonds is 6. The lowest BCUT2D eigenvalue weighted by atomic mass is 9.96. The van der Waals surface area contributed by atoms with Crippen molar-refractivity contribution in [1.82, 2.24) is 5.32 Å². The number of hydrogen-bond acceptors (Lipinski definition) is 2. The van der Waals surface area contributed by atoms with Gasteiger partial charge in [-0.3, -0.25) is 0 Å². The second-order valence-electron chi connectivity index (χ2n) is 5.81. The van der Waals surface area contributed by atoms with Crippen LogP contribution in [0.1, 0.15) is 39.5 Å². The highest BCUT2D eigenvalue weighted by Crippen LogP contribution is 2.48. The molecule has 0 radical (unpaired) electrons. The Bertz CT molecular complexity index is 180. The van der Waals surface area contributed by atoms with Crippen LogP contribution < -0.4 is 11.1 Å². The first-order valence-corrected chi connectivity index (χ1v) is 6.07. The van der Waals surface area contributed by atoms with Crippen LogP contribution in [0.2, 0.25) is 0 Å². The second kappa shape index (κ2) is 3.82. The maximum Gasteiger partial charge on any atom is 0.0247 e. The van der Waals surface area contributed by atoms with Crippen molar-refractivity contribution in [2.75, 3.05) is 13.1 Å². The van der Waals surface area contributed by atoms with Crippen molar-refractivity contribution in [3.8, 4) is 0 Å². The Hall–Kier alpha value is -0.0800. The topological polar surface area (TPSA) is 38.0 Å². The van der Waals surface area contributed by atoms with Crippen LogP contribution in [0.25, 0.3) is 0 Å². The van der Waals surface area contributed by atoms with E-state index in [1.807, 2.05) is 0 Å². The summed E-state index contributed by atoms with van der Waals surface area (Å²) in [4.78, 5) is 0. The van der Waals surface area contributed by atoms with Gasteiger partial charge in [-0.1, -0.05) is 0 Å². The SMILES string of the molecule is CC(C)(CN)NCC(C1CC1)C1CC1. The fraction of sp³-hybridized carbons (Fsp3) is 1.00. The first-order chi connectivity index (χ1) is 6.62. The Balaban J connectivity index is 1.76. The summed E-state index contributed by atoms with van der Waals surface area (Å²) in [6.07, 6.45) is 5.91. The minimum atomic E-state index is 0.127. The molecule has 2 aliphatic rings. The van der Waals surface area contributed by atoms with Gasteiger partial charge in [-0.15, -0.1) is 0 Å². The monoisotopic (exact) mass is 196 g/mol. The molecule has 0 aromatic rings. The van der Waals surface area contributed by atoms with Gasteiger partial charge in [0.05, 0.1) is 0 Å². The average Bonchev–Trinajstić information content (AvgIpc) is 2.99. The molecule has 0 saturated heterocycles. The van der Waals surface area contributed by atoms with E-state index in [0.29, 0.717) is 0 Å².